The van der Waals surface area contributed by atoms with Gasteiger partial charge < -0.3 is 61.6 Å². The third-order valence-corrected chi connectivity index (χ3v) is 9.80. The van der Waals surface area contributed by atoms with Crippen molar-refractivity contribution in [3.05, 3.63) is 83.9 Å². The Morgan fingerprint density at radius 3 is 1.24 bits per heavy atom. The number of ketones is 2. The van der Waals surface area contributed by atoms with E-state index in [2.05, 4.69) is 0 Å². The number of rotatable bonds is 42. The fourth-order valence-electron chi connectivity index (χ4n) is 6.35. The van der Waals surface area contributed by atoms with Crippen LogP contribution in [-0.2, 0) is 77.9 Å². The molecule has 0 bridgehead atoms. The van der Waals surface area contributed by atoms with Crippen LogP contribution in [-0.4, -0.2) is 160 Å². The number of hydrogen-bond donors (Lipinski definition) is 0. The van der Waals surface area contributed by atoms with Gasteiger partial charge in [-0.15, -0.1) is 0 Å². The third-order valence-electron chi connectivity index (χ3n) is 9.80. The summed E-state index contributed by atoms with van der Waals surface area (Å²) in [5.41, 5.74) is 1.47. The first-order valence-electron chi connectivity index (χ1n) is 25.4. The highest BCUT2D eigenvalue weighted by Crippen LogP contribution is 2.29. The van der Waals surface area contributed by atoms with Crippen LogP contribution in [0.25, 0.3) is 11.1 Å². The summed E-state index contributed by atoms with van der Waals surface area (Å²) in [6, 6.07) is 21.5. The summed E-state index contributed by atoms with van der Waals surface area (Å²) in [6.07, 6.45) is 1.97. The van der Waals surface area contributed by atoms with Crippen molar-refractivity contribution in [1.29, 1.82) is 0 Å². The second kappa shape index (κ2) is 37.4. The van der Waals surface area contributed by atoms with E-state index in [0.29, 0.717) is 129 Å². The van der Waals surface area contributed by atoms with E-state index in [4.69, 9.17) is 61.6 Å². The average molecular weight is 1040 g/mol. The molecule has 0 radical (unpaired) electrons. The first-order chi connectivity index (χ1) is 35.6. The number of esters is 3. The summed E-state index contributed by atoms with van der Waals surface area (Å²) in [5, 5.41) is 0. The largest absolute Gasteiger partial charge is 0.486 e. The van der Waals surface area contributed by atoms with E-state index >= 15 is 0 Å². The Labute approximate surface area is 437 Å². The first kappa shape index (κ1) is 63.0. The van der Waals surface area contributed by atoms with Crippen molar-refractivity contribution in [2.45, 2.75) is 97.9 Å². The van der Waals surface area contributed by atoms with Gasteiger partial charge in [-0.05, 0) is 101 Å². The van der Waals surface area contributed by atoms with Gasteiger partial charge >= 0.3 is 17.9 Å². The van der Waals surface area contributed by atoms with Crippen molar-refractivity contribution in [3.63, 3.8) is 0 Å². The fraction of sp³-hybridized carbons (Fsp3) is 0.589. The summed E-state index contributed by atoms with van der Waals surface area (Å²) in [6.45, 7) is 16.7. The molecule has 0 spiro atoms. The molecule has 0 amide bonds. The topological polar surface area (TPSA) is 205 Å². The molecule has 18 nitrogen and oxygen atoms in total. The molecular formula is C56H80O18. The van der Waals surface area contributed by atoms with E-state index in [1.807, 2.05) is 84.0 Å². The highest BCUT2D eigenvalue weighted by molar-refractivity contribution is 5.92. The van der Waals surface area contributed by atoms with Gasteiger partial charge in [-0.25, -0.2) is 4.79 Å². The van der Waals surface area contributed by atoms with Crippen molar-refractivity contribution in [1.82, 2.24) is 0 Å². The quantitative estimate of drug-likeness (QED) is 0.0302. The summed E-state index contributed by atoms with van der Waals surface area (Å²) in [4.78, 5) is 62.0. The maximum atomic E-state index is 13.3. The lowest BCUT2D eigenvalue weighted by atomic mass is 10.0. The van der Waals surface area contributed by atoms with Crippen molar-refractivity contribution >= 4 is 29.5 Å². The van der Waals surface area contributed by atoms with E-state index in [-0.39, 0.29) is 81.4 Å². The molecule has 0 saturated carbocycles. The van der Waals surface area contributed by atoms with Gasteiger partial charge in [-0.1, -0.05) is 42.5 Å². The Morgan fingerprint density at radius 2 is 0.811 bits per heavy atom. The molecule has 0 atom stereocenters. The van der Waals surface area contributed by atoms with Crippen molar-refractivity contribution in [2.24, 2.45) is 0 Å². The number of benzene rings is 3. The normalized spacial score (nSPS) is 11.5. The Hall–Kier alpha value is -5.31. The van der Waals surface area contributed by atoms with E-state index in [1.54, 1.807) is 30.3 Å². The molecule has 0 fully saturated rings. The van der Waals surface area contributed by atoms with Gasteiger partial charge in [0.2, 0.25) is 0 Å². The number of hydrogen-bond acceptors (Lipinski definition) is 18. The van der Waals surface area contributed by atoms with Crippen molar-refractivity contribution in [2.75, 3.05) is 119 Å². The highest BCUT2D eigenvalue weighted by atomic mass is 16.6. The van der Waals surface area contributed by atoms with E-state index in [1.165, 1.54) is 0 Å². The minimum Gasteiger partial charge on any atom is -0.486 e. The molecule has 0 N–H and O–H groups in total. The van der Waals surface area contributed by atoms with Gasteiger partial charge in [0.05, 0.1) is 111 Å². The lowest BCUT2D eigenvalue weighted by Gasteiger charge is -2.19. The minimum absolute atomic E-state index is 0.0663. The number of ether oxygens (including phenoxy) is 13. The lowest BCUT2D eigenvalue weighted by molar-refractivity contribution is -0.157. The monoisotopic (exact) mass is 1040 g/mol. The number of Topliss-reactive ketones (excluding diaryl/α,β-unsaturated/α-hetero) is 2. The Bertz CT molecular complexity index is 2030. The van der Waals surface area contributed by atoms with Crippen LogP contribution < -0.4 is 9.47 Å². The fourth-order valence-corrected chi connectivity index (χ4v) is 6.35. The zero-order chi connectivity index (χ0) is 53.7. The van der Waals surface area contributed by atoms with Crippen molar-refractivity contribution < 1.29 is 85.6 Å². The second-order valence-electron chi connectivity index (χ2n) is 18.8. The molecule has 3 aromatic rings. The third kappa shape index (κ3) is 32.8. The van der Waals surface area contributed by atoms with Crippen LogP contribution in [0.2, 0.25) is 0 Å². The molecule has 0 aliphatic carbocycles. The standard InChI is InChI=1S/C56H80O18/c1-55(2,3)73-52(59)20-24-64-28-32-68-36-34-66-30-26-62-22-10-14-48(57)42-70-50-18-16-45(17-19-50)46-38-47(54(61)72-41-44-12-8-7-9-13-44)40-51(39-46)71-43-49(58)15-11-23-63-27-31-67-35-37-69-33-29-65-25-21-53(60)74-56(4,5)6/h7-9,12-13,16-19,38-40H,10-11,14-15,20-37,41-43H2,1-6H3. The lowest BCUT2D eigenvalue weighted by Crippen LogP contribution is -2.24. The van der Waals surface area contributed by atoms with E-state index in [9.17, 15) is 24.0 Å². The maximum absolute atomic E-state index is 13.3. The zero-order valence-electron chi connectivity index (χ0n) is 44.5. The predicted molar refractivity (Wildman–Crippen MR) is 274 cm³/mol. The minimum atomic E-state index is -0.550. The molecule has 0 saturated heterocycles. The van der Waals surface area contributed by atoms with Gasteiger partial charge in [0.1, 0.15) is 42.5 Å². The molecule has 3 aromatic carbocycles. The molecule has 74 heavy (non-hydrogen) atoms. The number of carbonyl (C=O) groups is 5. The Kier molecular flexibility index (Phi) is 31.9. The molecule has 0 aliphatic rings. The van der Waals surface area contributed by atoms with Crippen molar-refractivity contribution in [3.8, 4) is 22.6 Å². The Morgan fingerprint density at radius 1 is 0.405 bits per heavy atom. The van der Waals surface area contributed by atoms with Gasteiger partial charge in [0, 0.05) is 26.1 Å². The predicted octanol–water partition coefficient (Wildman–Crippen LogP) is 7.76. The highest BCUT2D eigenvalue weighted by Gasteiger charge is 2.18. The number of carbonyl (C=O) groups excluding carboxylic acids is 5. The molecule has 0 aliphatic heterocycles. The molecular weight excluding hydrogens is 961 g/mol. The van der Waals surface area contributed by atoms with Gasteiger partial charge in [0.15, 0.2) is 11.6 Å². The molecule has 18 heteroatoms. The van der Waals surface area contributed by atoms with Crippen LogP contribution in [0.5, 0.6) is 11.5 Å². The molecule has 3 rings (SSSR count). The summed E-state index contributed by atoms with van der Waals surface area (Å²) in [7, 11) is 0. The van der Waals surface area contributed by atoms with E-state index < -0.39 is 17.2 Å². The Balaban J connectivity index is 1.30. The van der Waals surface area contributed by atoms with Crippen LogP contribution in [0, 0.1) is 0 Å². The van der Waals surface area contributed by atoms with Crippen LogP contribution in [0.1, 0.15) is 96.0 Å². The first-order valence-corrected chi connectivity index (χ1v) is 25.4. The SMILES string of the molecule is CC(C)(C)OC(=O)CCOCCOCCOCCOCCCC(=O)COc1ccc(-c2cc(OCC(=O)CCCOCCOCCOCCOCCC(=O)OC(C)(C)C)cc(C(=O)OCc3ccccc3)c2)cc1. The van der Waals surface area contributed by atoms with E-state index in [0.717, 1.165) is 11.1 Å². The van der Waals surface area contributed by atoms with Gasteiger partial charge in [0.25, 0.3) is 0 Å². The molecule has 0 aromatic heterocycles. The summed E-state index contributed by atoms with van der Waals surface area (Å²) < 4.78 is 71.7. The molecule has 412 valence electrons. The zero-order valence-corrected chi connectivity index (χ0v) is 44.5. The van der Waals surface area contributed by atoms with Crippen LogP contribution in [0.3, 0.4) is 0 Å². The van der Waals surface area contributed by atoms with Crippen LogP contribution in [0.4, 0.5) is 0 Å². The van der Waals surface area contributed by atoms with Gasteiger partial charge in [-0.3, -0.25) is 19.2 Å². The second-order valence-corrected chi connectivity index (χ2v) is 18.8. The smallest absolute Gasteiger partial charge is 0.338 e. The summed E-state index contributed by atoms with van der Waals surface area (Å²) in [5.74, 6) is -0.510. The molecule has 0 heterocycles. The van der Waals surface area contributed by atoms with Crippen LogP contribution >= 0.6 is 0 Å². The average Bonchev–Trinajstić information content (AvgIpc) is 3.36. The van der Waals surface area contributed by atoms with Gasteiger partial charge in [-0.2, -0.15) is 0 Å². The molecule has 0 unspecified atom stereocenters. The van der Waals surface area contributed by atoms with Crippen LogP contribution in [0.15, 0.2) is 72.8 Å². The maximum Gasteiger partial charge on any atom is 0.338 e. The summed E-state index contributed by atoms with van der Waals surface area (Å²) >= 11 is 0.